The van der Waals surface area contributed by atoms with E-state index in [9.17, 15) is 9.59 Å². The van der Waals surface area contributed by atoms with Gasteiger partial charge >= 0.3 is 0 Å². The van der Waals surface area contributed by atoms with Crippen LogP contribution in [0.1, 0.15) is 29.5 Å². The molecule has 1 aliphatic heterocycles. The number of hydrogen-bond acceptors (Lipinski definition) is 4. The van der Waals surface area contributed by atoms with Gasteiger partial charge in [-0.3, -0.25) is 19.6 Å². The molecule has 6 nitrogen and oxygen atoms in total. The summed E-state index contributed by atoms with van der Waals surface area (Å²) >= 11 is 0. The molecule has 0 aliphatic carbocycles. The van der Waals surface area contributed by atoms with Crippen LogP contribution in [0.3, 0.4) is 0 Å². The Balaban J connectivity index is 1.38. The van der Waals surface area contributed by atoms with Crippen molar-refractivity contribution >= 4 is 17.9 Å². The summed E-state index contributed by atoms with van der Waals surface area (Å²) in [7, 11) is 0. The van der Waals surface area contributed by atoms with E-state index in [1.54, 1.807) is 30.9 Å². The normalized spacial score (nSPS) is 14.4. The second kappa shape index (κ2) is 11.2. The lowest BCUT2D eigenvalue weighted by Crippen LogP contribution is -2.43. The molecule has 0 saturated carbocycles. The molecule has 2 amide bonds. The van der Waals surface area contributed by atoms with Crippen LogP contribution in [0, 0.1) is 5.92 Å². The zero-order chi connectivity index (χ0) is 22.9. The second-order valence-corrected chi connectivity index (χ2v) is 8.25. The van der Waals surface area contributed by atoms with Crippen LogP contribution < -0.4 is 0 Å². The SMILES string of the molecule is O=C(C=Cc1ccccc1)N1CCC(C(=O)N(Cc2ccncc2)Cc2cccnc2)CC1. The van der Waals surface area contributed by atoms with Gasteiger partial charge in [-0.05, 0) is 53.8 Å². The summed E-state index contributed by atoms with van der Waals surface area (Å²) in [6, 6.07) is 17.5. The van der Waals surface area contributed by atoms with E-state index in [0.29, 0.717) is 39.0 Å². The van der Waals surface area contributed by atoms with E-state index in [2.05, 4.69) is 9.97 Å². The first kappa shape index (κ1) is 22.4. The first-order valence-electron chi connectivity index (χ1n) is 11.3. The van der Waals surface area contributed by atoms with Crippen LogP contribution in [0.5, 0.6) is 0 Å². The molecule has 3 aromatic rings. The summed E-state index contributed by atoms with van der Waals surface area (Å²) in [6.45, 7) is 2.21. The molecule has 4 rings (SSSR count). The van der Waals surface area contributed by atoms with Crippen LogP contribution >= 0.6 is 0 Å². The molecule has 3 heterocycles. The smallest absolute Gasteiger partial charge is 0.246 e. The number of amides is 2. The molecule has 0 spiro atoms. The molecule has 2 aromatic heterocycles. The minimum Gasteiger partial charge on any atom is -0.339 e. The number of likely N-dealkylation sites (tertiary alicyclic amines) is 1. The fraction of sp³-hybridized carbons (Fsp3) is 0.259. The van der Waals surface area contributed by atoms with Gasteiger partial charge in [-0.15, -0.1) is 0 Å². The standard InChI is InChI=1S/C27H28N4O2/c32-26(9-8-22-5-2-1-3-6-22)30-17-12-25(13-18-30)27(33)31(20-23-10-15-28-16-11-23)21-24-7-4-14-29-19-24/h1-11,14-16,19,25H,12-13,17-18,20-21H2. The predicted octanol–water partition coefficient (Wildman–Crippen LogP) is 3.96. The molecule has 0 atom stereocenters. The summed E-state index contributed by atoms with van der Waals surface area (Å²) in [5.41, 5.74) is 3.04. The third kappa shape index (κ3) is 6.35. The zero-order valence-electron chi connectivity index (χ0n) is 18.6. The zero-order valence-corrected chi connectivity index (χ0v) is 18.6. The molecule has 168 valence electrons. The van der Waals surface area contributed by atoms with Gasteiger partial charge in [-0.2, -0.15) is 0 Å². The van der Waals surface area contributed by atoms with Crippen molar-refractivity contribution < 1.29 is 9.59 Å². The van der Waals surface area contributed by atoms with Crippen molar-refractivity contribution in [2.24, 2.45) is 5.92 Å². The Kier molecular flexibility index (Phi) is 7.59. The van der Waals surface area contributed by atoms with Gasteiger partial charge in [-0.1, -0.05) is 36.4 Å². The largest absolute Gasteiger partial charge is 0.339 e. The van der Waals surface area contributed by atoms with Crippen LogP contribution in [-0.2, 0) is 22.7 Å². The van der Waals surface area contributed by atoms with Gasteiger partial charge in [0.2, 0.25) is 11.8 Å². The number of carbonyl (C=O) groups excluding carboxylic acids is 2. The molecule has 1 aromatic carbocycles. The molecular weight excluding hydrogens is 412 g/mol. The summed E-state index contributed by atoms with van der Waals surface area (Å²) < 4.78 is 0. The number of nitrogens with zero attached hydrogens (tertiary/aromatic N) is 4. The van der Waals surface area contributed by atoms with Gasteiger partial charge in [0.1, 0.15) is 0 Å². The third-order valence-corrected chi connectivity index (χ3v) is 5.90. The van der Waals surface area contributed by atoms with Crippen LogP contribution in [0.2, 0.25) is 0 Å². The molecule has 33 heavy (non-hydrogen) atoms. The summed E-state index contributed by atoms with van der Waals surface area (Å²) in [6.07, 6.45) is 11.8. The highest BCUT2D eigenvalue weighted by Crippen LogP contribution is 2.22. The molecule has 6 heteroatoms. The number of carbonyl (C=O) groups is 2. The highest BCUT2D eigenvalue weighted by Gasteiger charge is 2.30. The van der Waals surface area contributed by atoms with E-state index in [4.69, 9.17) is 0 Å². The topological polar surface area (TPSA) is 66.4 Å². The van der Waals surface area contributed by atoms with Crippen molar-refractivity contribution in [1.82, 2.24) is 19.8 Å². The Morgan fingerprint density at radius 1 is 0.879 bits per heavy atom. The minimum absolute atomic E-state index is 0.00578. The average molecular weight is 441 g/mol. The van der Waals surface area contributed by atoms with E-state index >= 15 is 0 Å². The Morgan fingerprint density at radius 3 is 2.30 bits per heavy atom. The Labute approximate surface area is 194 Å². The van der Waals surface area contributed by atoms with Crippen molar-refractivity contribution in [1.29, 1.82) is 0 Å². The molecular formula is C27H28N4O2. The highest BCUT2D eigenvalue weighted by molar-refractivity contribution is 5.92. The van der Waals surface area contributed by atoms with Crippen molar-refractivity contribution in [2.75, 3.05) is 13.1 Å². The fourth-order valence-electron chi connectivity index (χ4n) is 4.07. The number of rotatable bonds is 7. The summed E-state index contributed by atoms with van der Waals surface area (Å²) in [5.74, 6) is 0.0296. The van der Waals surface area contributed by atoms with E-state index in [1.165, 1.54) is 0 Å². The summed E-state index contributed by atoms with van der Waals surface area (Å²) in [4.78, 5) is 38.0. The second-order valence-electron chi connectivity index (χ2n) is 8.25. The van der Waals surface area contributed by atoms with Gasteiger partial charge < -0.3 is 9.80 Å². The number of pyridine rings is 2. The van der Waals surface area contributed by atoms with Crippen LogP contribution in [0.15, 0.2) is 85.5 Å². The van der Waals surface area contributed by atoms with E-state index in [-0.39, 0.29) is 17.7 Å². The van der Waals surface area contributed by atoms with Crippen molar-refractivity contribution in [2.45, 2.75) is 25.9 Å². The maximum Gasteiger partial charge on any atom is 0.246 e. The monoisotopic (exact) mass is 440 g/mol. The van der Waals surface area contributed by atoms with Gasteiger partial charge in [0.05, 0.1) is 0 Å². The van der Waals surface area contributed by atoms with Crippen LogP contribution in [0.25, 0.3) is 6.08 Å². The van der Waals surface area contributed by atoms with Crippen molar-refractivity contribution in [3.05, 3.63) is 102 Å². The lowest BCUT2D eigenvalue weighted by atomic mass is 9.94. The van der Waals surface area contributed by atoms with E-state index < -0.39 is 0 Å². The first-order valence-corrected chi connectivity index (χ1v) is 11.3. The number of aromatic nitrogens is 2. The number of hydrogen-bond donors (Lipinski definition) is 0. The molecule has 1 aliphatic rings. The lowest BCUT2D eigenvalue weighted by Gasteiger charge is -2.34. The summed E-state index contributed by atoms with van der Waals surface area (Å²) in [5, 5.41) is 0. The molecule has 1 saturated heterocycles. The minimum atomic E-state index is -0.0920. The average Bonchev–Trinajstić information content (AvgIpc) is 2.88. The molecule has 0 unspecified atom stereocenters. The highest BCUT2D eigenvalue weighted by atomic mass is 16.2. The molecule has 0 radical (unpaired) electrons. The number of piperidine rings is 1. The van der Waals surface area contributed by atoms with Crippen LogP contribution in [0.4, 0.5) is 0 Å². The number of benzene rings is 1. The van der Waals surface area contributed by atoms with Crippen LogP contribution in [-0.4, -0.2) is 44.7 Å². The third-order valence-electron chi connectivity index (χ3n) is 5.90. The van der Waals surface area contributed by atoms with Gasteiger partial charge in [-0.25, -0.2) is 0 Å². The van der Waals surface area contributed by atoms with E-state index in [0.717, 1.165) is 16.7 Å². The van der Waals surface area contributed by atoms with Gasteiger partial charge in [0.25, 0.3) is 0 Å². The maximum atomic E-state index is 13.5. The molecule has 1 fully saturated rings. The van der Waals surface area contributed by atoms with Crippen molar-refractivity contribution in [3.8, 4) is 0 Å². The lowest BCUT2D eigenvalue weighted by molar-refractivity contribution is -0.140. The maximum absolute atomic E-state index is 13.5. The molecule has 0 bridgehead atoms. The molecule has 0 N–H and O–H groups in total. The van der Waals surface area contributed by atoms with Crippen molar-refractivity contribution in [3.63, 3.8) is 0 Å². The van der Waals surface area contributed by atoms with E-state index in [1.807, 2.05) is 70.5 Å². The fourth-order valence-corrected chi connectivity index (χ4v) is 4.07. The Bertz CT molecular complexity index is 1020. The predicted molar refractivity (Wildman–Crippen MR) is 128 cm³/mol. The quantitative estimate of drug-likeness (QED) is 0.522. The first-order chi connectivity index (χ1) is 16.2. The van der Waals surface area contributed by atoms with Gasteiger partial charge in [0, 0.05) is 63.0 Å². The van der Waals surface area contributed by atoms with Gasteiger partial charge in [0.15, 0.2) is 0 Å². The Hall–Kier alpha value is -3.80. The Morgan fingerprint density at radius 2 is 1.61 bits per heavy atom.